The lowest BCUT2D eigenvalue weighted by molar-refractivity contribution is 0.387. The molecule has 1 fully saturated rings. The van der Waals surface area contributed by atoms with Crippen LogP contribution in [0.2, 0.25) is 5.02 Å². The maximum atomic E-state index is 11.9. The normalized spacial score (nSPS) is 15.8. The molecule has 1 saturated heterocycles. The van der Waals surface area contributed by atoms with Gasteiger partial charge in [-0.1, -0.05) is 23.7 Å². The minimum atomic E-state index is -3.21. The number of nitrogens with one attached hydrogen (secondary N) is 2. The van der Waals surface area contributed by atoms with E-state index in [2.05, 4.69) is 25.6 Å². The zero-order chi connectivity index (χ0) is 23.4. The lowest BCUT2D eigenvalue weighted by Crippen LogP contribution is -2.48. The smallest absolute Gasteiger partial charge is 0.227 e. The maximum Gasteiger partial charge on any atom is 0.227 e. The third-order valence-electron chi connectivity index (χ3n) is 5.28. The number of halogens is 1. The Hall–Kier alpha value is -3.02. The molecular formula is C21H25ClN8O2S. The summed E-state index contributed by atoms with van der Waals surface area (Å²) in [7, 11) is -3.21. The molecule has 2 N–H and O–H groups in total. The third kappa shape index (κ3) is 6.06. The van der Waals surface area contributed by atoms with Crippen molar-refractivity contribution in [2.24, 2.45) is 0 Å². The number of hydrogen-bond donors (Lipinski definition) is 2. The van der Waals surface area contributed by atoms with E-state index in [1.165, 1.54) is 10.6 Å². The summed E-state index contributed by atoms with van der Waals surface area (Å²) in [6, 6.07) is 9.34. The van der Waals surface area contributed by atoms with Crippen molar-refractivity contribution >= 4 is 45.0 Å². The summed E-state index contributed by atoms with van der Waals surface area (Å²) in [5.74, 6) is 2.24. The summed E-state index contributed by atoms with van der Waals surface area (Å²) < 4.78 is 25.2. The van der Waals surface area contributed by atoms with Gasteiger partial charge in [0.05, 0.1) is 18.5 Å². The Labute approximate surface area is 198 Å². The number of hydrogen-bond acceptors (Lipinski definition) is 9. The molecule has 0 radical (unpaired) electrons. The lowest BCUT2D eigenvalue weighted by Gasteiger charge is -2.34. The minimum absolute atomic E-state index is 0.0658. The van der Waals surface area contributed by atoms with Gasteiger partial charge >= 0.3 is 0 Å². The van der Waals surface area contributed by atoms with Crippen LogP contribution >= 0.6 is 11.6 Å². The highest BCUT2D eigenvalue weighted by molar-refractivity contribution is 7.88. The second-order valence-electron chi connectivity index (χ2n) is 7.72. The first-order valence-electron chi connectivity index (χ1n) is 10.4. The third-order valence-corrected chi connectivity index (χ3v) is 6.83. The molecule has 3 aromatic rings. The van der Waals surface area contributed by atoms with Crippen LogP contribution < -0.4 is 15.5 Å². The fourth-order valence-electron chi connectivity index (χ4n) is 3.50. The van der Waals surface area contributed by atoms with E-state index in [1.54, 1.807) is 18.6 Å². The molecule has 1 aliphatic rings. The average molecular weight is 489 g/mol. The van der Waals surface area contributed by atoms with Crippen LogP contribution in [0.5, 0.6) is 0 Å². The van der Waals surface area contributed by atoms with Gasteiger partial charge in [-0.05, 0) is 24.6 Å². The van der Waals surface area contributed by atoms with Crippen LogP contribution in [0, 0.1) is 0 Å². The Morgan fingerprint density at radius 3 is 2.39 bits per heavy atom. The Bertz CT molecular complexity index is 1190. The molecule has 33 heavy (non-hydrogen) atoms. The van der Waals surface area contributed by atoms with Crippen molar-refractivity contribution in [2.45, 2.75) is 13.0 Å². The van der Waals surface area contributed by atoms with Crippen LogP contribution in [0.3, 0.4) is 0 Å². The van der Waals surface area contributed by atoms with Crippen LogP contribution in [0.25, 0.3) is 0 Å². The Balaban J connectivity index is 1.58. The number of nitrogens with zero attached hydrogens (tertiary/aromatic N) is 6. The van der Waals surface area contributed by atoms with Crippen LogP contribution in [0.15, 0.2) is 48.9 Å². The van der Waals surface area contributed by atoms with Crippen LogP contribution in [0.4, 0.5) is 23.4 Å². The predicted octanol–water partition coefficient (Wildman–Crippen LogP) is 2.92. The standard InChI is InChI=1S/C21H25ClN8O2S/c1-15(16-3-5-17(22)6-4-16)25-21-27-18(26-19-14-23-7-8-24-19)13-20(28-21)29-9-11-30(12-10-29)33(2,31)32/h3-8,13-15H,9-12H2,1-2H3,(H2,24,25,26,27,28)/t15-/m0/s1. The SMILES string of the molecule is C[C@H](Nc1nc(Nc2cnccn2)cc(N2CCN(S(C)(=O)=O)CC2)n1)c1ccc(Cl)cc1. The summed E-state index contributed by atoms with van der Waals surface area (Å²) in [5, 5.41) is 7.18. The zero-order valence-corrected chi connectivity index (χ0v) is 19.9. The molecule has 4 rings (SSSR count). The quantitative estimate of drug-likeness (QED) is 0.517. The average Bonchev–Trinajstić information content (AvgIpc) is 2.79. The number of rotatable bonds is 7. The molecule has 0 amide bonds. The molecular weight excluding hydrogens is 464 g/mol. The highest BCUT2D eigenvalue weighted by Crippen LogP contribution is 2.25. The number of anilines is 4. The number of piperazine rings is 1. The van der Waals surface area contributed by atoms with Crippen molar-refractivity contribution in [2.75, 3.05) is 48.0 Å². The molecule has 0 spiro atoms. The molecule has 1 aliphatic heterocycles. The van der Waals surface area contributed by atoms with E-state index in [1.807, 2.05) is 42.2 Å². The number of aromatic nitrogens is 4. The maximum absolute atomic E-state index is 11.9. The van der Waals surface area contributed by atoms with Crippen molar-refractivity contribution in [3.8, 4) is 0 Å². The summed E-state index contributed by atoms with van der Waals surface area (Å²) in [4.78, 5) is 19.7. The summed E-state index contributed by atoms with van der Waals surface area (Å²) in [5.41, 5.74) is 1.04. The largest absolute Gasteiger partial charge is 0.354 e. The predicted molar refractivity (Wildman–Crippen MR) is 129 cm³/mol. The molecule has 3 heterocycles. The molecule has 0 unspecified atom stereocenters. The lowest BCUT2D eigenvalue weighted by atomic mass is 10.1. The second kappa shape index (κ2) is 9.86. The summed E-state index contributed by atoms with van der Waals surface area (Å²) >= 11 is 6.01. The summed E-state index contributed by atoms with van der Waals surface area (Å²) in [6.45, 7) is 3.88. The van der Waals surface area contributed by atoms with Crippen molar-refractivity contribution in [3.63, 3.8) is 0 Å². The molecule has 1 aromatic carbocycles. The van der Waals surface area contributed by atoms with Gasteiger partial charge in [0.1, 0.15) is 17.5 Å². The molecule has 2 aromatic heterocycles. The minimum Gasteiger partial charge on any atom is -0.354 e. The van der Waals surface area contributed by atoms with Crippen molar-refractivity contribution < 1.29 is 8.42 Å². The van der Waals surface area contributed by atoms with Crippen LogP contribution in [0.1, 0.15) is 18.5 Å². The molecule has 0 saturated carbocycles. The fraction of sp³-hybridized carbons (Fsp3) is 0.333. The number of sulfonamides is 1. The Kier molecular flexibility index (Phi) is 6.91. The van der Waals surface area contributed by atoms with E-state index in [0.29, 0.717) is 54.6 Å². The van der Waals surface area contributed by atoms with Crippen molar-refractivity contribution in [1.29, 1.82) is 0 Å². The Morgan fingerprint density at radius 1 is 1.03 bits per heavy atom. The molecule has 1 atom stereocenters. The van der Waals surface area contributed by atoms with Gasteiger partial charge in [0.15, 0.2) is 0 Å². The van der Waals surface area contributed by atoms with Gasteiger partial charge in [-0.3, -0.25) is 4.98 Å². The molecule has 174 valence electrons. The number of benzene rings is 1. The van der Waals surface area contributed by atoms with E-state index in [4.69, 9.17) is 16.6 Å². The van der Waals surface area contributed by atoms with Crippen LogP contribution in [-0.2, 0) is 10.0 Å². The highest BCUT2D eigenvalue weighted by Gasteiger charge is 2.25. The monoisotopic (exact) mass is 488 g/mol. The molecule has 0 aliphatic carbocycles. The molecule has 10 nitrogen and oxygen atoms in total. The van der Waals surface area contributed by atoms with E-state index in [9.17, 15) is 8.42 Å². The van der Waals surface area contributed by atoms with E-state index < -0.39 is 10.0 Å². The van der Waals surface area contributed by atoms with Gasteiger partial charge in [-0.15, -0.1) is 0 Å². The molecule has 0 bridgehead atoms. The van der Waals surface area contributed by atoms with Gasteiger partial charge in [0.2, 0.25) is 16.0 Å². The second-order valence-corrected chi connectivity index (χ2v) is 10.1. The van der Waals surface area contributed by atoms with Gasteiger partial charge in [0.25, 0.3) is 0 Å². The van der Waals surface area contributed by atoms with Crippen LogP contribution in [-0.4, -0.2) is 65.1 Å². The molecule has 12 heteroatoms. The first-order valence-corrected chi connectivity index (χ1v) is 12.6. The van der Waals surface area contributed by atoms with E-state index in [-0.39, 0.29) is 6.04 Å². The van der Waals surface area contributed by atoms with Gasteiger partial charge in [0, 0.05) is 49.7 Å². The van der Waals surface area contributed by atoms with E-state index >= 15 is 0 Å². The Morgan fingerprint density at radius 2 is 1.76 bits per heavy atom. The fourth-order valence-corrected chi connectivity index (χ4v) is 4.45. The zero-order valence-electron chi connectivity index (χ0n) is 18.3. The van der Waals surface area contributed by atoms with Gasteiger partial charge in [-0.25, -0.2) is 13.4 Å². The van der Waals surface area contributed by atoms with Gasteiger partial charge < -0.3 is 15.5 Å². The van der Waals surface area contributed by atoms with Gasteiger partial charge in [-0.2, -0.15) is 14.3 Å². The first-order chi connectivity index (χ1) is 15.8. The summed E-state index contributed by atoms with van der Waals surface area (Å²) in [6.07, 6.45) is 6.03. The van der Waals surface area contributed by atoms with Crippen molar-refractivity contribution in [1.82, 2.24) is 24.2 Å². The topological polar surface area (TPSA) is 116 Å². The van der Waals surface area contributed by atoms with E-state index in [0.717, 1.165) is 5.56 Å². The van der Waals surface area contributed by atoms with Crippen molar-refractivity contribution in [3.05, 3.63) is 59.5 Å². The highest BCUT2D eigenvalue weighted by atomic mass is 35.5. The first kappa shape index (κ1) is 23.1.